The SMILES string of the molecule is CCCCCCCCCCCC1=C(O[Si](C)(C)C)CCC1. The van der Waals surface area contributed by atoms with Crippen molar-refractivity contribution in [3.05, 3.63) is 11.3 Å². The third-order valence-corrected chi connectivity index (χ3v) is 5.15. The van der Waals surface area contributed by atoms with Gasteiger partial charge in [-0.3, -0.25) is 0 Å². The molecule has 0 N–H and O–H groups in total. The Kier molecular flexibility index (Phi) is 9.38. The van der Waals surface area contributed by atoms with E-state index in [0.717, 1.165) is 0 Å². The molecule has 0 aromatic carbocycles. The molecule has 0 radical (unpaired) electrons. The molecule has 0 saturated carbocycles. The molecule has 0 amide bonds. The highest BCUT2D eigenvalue weighted by Crippen LogP contribution is 2.32. The van der Waals surface area contributed by atoms with E-state index in [1.54, 1.807) is 5.57 Å². The van der Waals surface area contributed by atoms with E-state index in [1.807, 2.05) is 0 Å². The van der Waals surface area contributed by atoms with Gasteiger partial charge in [0, 0.05) is 6.42 Å². The maximum absolute atomic E-state index is 6.26. The Balaban J connectivity index is 2.07. The van der Waals surface area contributed by atoms with Crippen LogP contribution in [0.2, 0.25) is 19.6 Å². The van der Waals surface area contributed by atoms with Crippen molar-refractivity contribution in [1.82, 2.24) is 0 Å². The third kappa shape index (κ3) is 9.39. The molecule has 0 unspecified atom stereocenters. The summed E-state index contributed by atoms with van der Waals surface area (Å²) in [5, 5.41) is 0. The first-order chi connectivity index (χ1) is 10.0. The van der Waals surface area contributed by atoms with Crippen LogP contribution < -0.4 is 0 Å². The molecular weight excluding hydrogens is 272 g/mol. The van der Waals surface area contributed by atoms with Crippen molar-refractivity contribution >= 4 is 8.32 Å². The Morgan fingerprint density at radius 2 is 1.38 bits per heavy atom. The lowest BCUT2D eigenvalue weighted by molar-refractivity contribution is 0.402. The van der Waals surface area contributed by atoms with Crippen LogP contribution in [0.4, 0.5) is 0 Å². The largest absolute Gasteiger partial charge is 0.547 e. The molecule has 0 atom stereocenters. The van der Waals surface area contributed by atoms with E-state index in [9.17, 15) is 0 Å². The van der Waals surface area contributed by atoms with Crippen molar-refractivity contribution in [3.63, 3.8) is 0 Å². The summed E-state index contributed by atoms with van der Waals surface area (Å²) in [6.07, 6.45) is 17.9. The Bertz CT molecular complexity index is 301. The third-order valence-electron chi connectivity index (χ3n) is 4.29. The van der Waals surface area contributed by atoms with Gasteiger partial charge >= 0.3 is 0 Å². The van der Waals surface area contributed by atoms with Gasteiger partial charge in [0.2, 0.25) is 8.32 Å². The highest BCUT2D eigenvalue weighted by molar-refractivity contribution is 6.70. The van der Waals surface area contributed by atoms with Gasteiger partial charge < -0.3 is 4.43 Å². The first kappa shape index (κ1) is 18.8. The minimum absolute atomic E-state index is 1.21. The first-order valence-electron chi connectivity index (χ1n) is 9.43. The molecule has 2 heteroatoms. The van der Waals surface area contributed by atoms with E-state index in [1.165, 1.54) is 89.2 Å². The number of hydrogen-bond acceptors (Lipinski definition) is 1. The molecule has 0 bridgehead atoms. The zero-order valence-electron chi connectivity index (χ0n) is 15.1. The smallest absolute Gasteiger partial charge is 0.241 e. The van der Waals surface area contributed by atoms with E-state index in [2.05, 4.69) is 26.6 Å². The normalized spacial score (nSPS) is 15.8. The maximum Gasteiger partial charge on any atom is 0.241 e. The summed E-state index contributed by atoms with van der Waals surface area (Å²) < 4.78 is 6.26. The van der Waals surface area contributed by atoms with Crippen LogP contribution in [-0.4, -0.2) is 8.32 Å². The Hall–Kier alpha value is -0.243. The Morgan fingerprint density at radius 3 is 1.95 bits per heavy atom. The number of hydrogen-bond donors (Lipinski definition) is 0. The van der Waals surface area contributed by atoms with E-state index < -0.39 is 8.32 Å². The van der Waals surface area contributed by atoms with Crippen LogP contribution in [0.25, 0.3) is 0 Å². The summed E-state index contributed by atoms with van der Waals surface area (Å²) in [7, 11) is -1.40. The van der Waals surface area contributed by atoms with Gasteiger partial charge in [-0.25, -0.2) is 0 Å². The van der Waals surface area contributed by atoms with Crippen LogP contribution in [0.15, 0.2) is 11.3 Å². The zero-order valence-corrected chi connectivity index (χ0v) is 16.1. The predicted octanol–water partition coefficient (Wildman–Crippen LogP) is 7.20. The van der Waals surface area contributed by atoms with E-state index in [-0.39, 0.29) is 0 Å². The van der Waals surface area contributed by atoms with Crippen LogP contribution >= 0.6 is 0 Å². The van der Waals surface area contributed by atoms with Crippen LogP contribution in [0, 0.1) is 0 Å². The first-order valence-corrected chi connectivity index (χ1v) is 12.8. The van der Waals surface area contributed by atoms with Crippen molar-refractivity contribution in [2.45, 2.75) is 110 Å². The summed E-state index contributed by atoms with van der Waals surface area (Å²) in [4.78, 5) is 0. The van der Waals surface area contributed by atoms with Crippen LogP contribution in [0.1, 0.15) is 90.4 Å². The lowest BCUT2D eigenvalue weighted by Gasteiger charge is -2.21. The Morgan fingerprint density at radius 1 is 0.810 bits per heavy atom. The number of rotatable bonds is 12. The average molecular weight is 311 g/mol. The van der Waals surface area contributed by atoms with E-state index >= 15 is 0 Å². The van der Waals surface area contributed by atoms with Crippen LogP contribution in [-0.2, 0) is 4.43 Å². The quantitative estimate of drug-likeness (QED) is 0.273. The molecule has 1 aliphatic carbocycles. The number of unbranched alkanes of at least 4 members (excludes halogenated alkanes) is 8. The van der Waals surface area contributed by atoms with Crippen molar-refractivity contribution in [1.29, 1.82) is 0 Å². The highest BCUT2D eigenvalue weighted by atomic mass is 28.4. The number of allylic oxidation sites excluding steroid dienone is 2. The van der Waals surface area contributed by atoms with Gasteiger partial charge in [-0.2, -0.15) is 0 Å². The van der Waals surface area contributed by atoms with Crippen LogP contribution in [0.5, 0.6) is 0 Å². The molecule has 124 valence electrons. The molecule has 0 aromatic heterocycles. The van der Waals surface area contributed by atoms with Gasteiger partial charge in [0.15, 0.2) is 0 Å². The fourth-order valence-electron chi connectivity index (χ4n) is 3.18. The van der Waals surface area contributed by atoms with Gasteiger partial charge in [-0.1, -0.05) is 58.3 Å². The summed E-state index contributed by atoms with van der Waals surface area (Å²) in [6.45, 7) is 9.19. The average Bonchev–Trinajstić information content (AvgIpc) is 2.82. The minimum Gasteiger partial charge on any atom is -0.547 e. The molecule has 0 spiro atoms. The zero-order chi connectivity index (χ0) is 15.6. The van der Waals surface area contributed by atoms with Gasteiger partial charge in [0.05, 0.1) is 5.76 Å². The van der Waals surface area contributed by atoms with Crippen LogP contribution in [0.3, 0.4) is 0 Å². The molecule has 0 saturated heterocycles. The summed E-state index contributed by atoms with van der Waals surface area (Å²) in [5.74, 6) is 1.38. The van der Waals surface area contributed by atoms with E-state index in [0.29, 0.717) is 0 Å². The topological polar surface area (TPSA) is 9.23 Å². The second-order valence-electron chi connectivity index (χ2n) is 7.67. The lowest BCUT2D eigenvalue weighted by atomic mass is 10.0. The molecule has 1 aliphatic rings. The second kappa shape index (κ2) is 10.5. The molecule has 1 nitrogen and oxygen atoms in total. The molecule has 21 heavy (non-hydrogen) atoms. The van der Waals surface area contributed by atoms with E-state index in [4.69, 9.17) is 4.43 Å². The predicted molar refractivity (Wildman–Crippen MR) is 97.2 cm³/mol. The summed E-state index contributed by atoms with van der Waals surface area (Å²) >= 11 is 0. The molecule has 0 aliphatic heterocycles. The van der Waals surface area contributed by atoms with Crippen molar-refractivity contribution in [2.24, 2.45) is 0 Å². The van der Waals surface area contributed by atoms with Crippen molar-refractivity contribution in [3.8, 4) is 0 Å². The van der Waals surface area contributed by atoms with Gasteiger partial charge in [-0.05, 0) is 50.9 Å². The minimum atomic E-state index is -1.40. The molecule has 0 fully saturated rings. The summed E-state index contributed by atoms with van der Waals surface area (Å²) in [6, 6.07) is 0. The highest BCUT2D eigenvalue weighted by Gasteiger charge is 2.22. The molecule has 1 rings (SSSR count). The second-order valence-corrected chi connectivity index (χ2v) is 12.1. The fraction of sp³-hybridized carbons (Fsp3) is 0.895. The van der Waals surface area contributed by atoms with Crippen molar-refractivity contribution in [2.75, 3.05) is 0 Å². The van der Waals surface area contributed by atoms with Crippen molar-refractivity contribution < 1.29 is 4.43 Å². The Labute approximate surface area is 134 Å². The molecular formula is C19H38OSi. The fourth-order valence-corrected chi connectivity index (χ4v) is 4.17. The summed E-state index contributed by atoms with van der Waals surface area (Å²) in [5.41, 5.74) is 1.65. The standard InChI is InChI=1S/C19H38OSi/c1-5-6-7-8-9-10-11-12-13-15-18-16-14-17-19(18)20-21(2,3)4/h5-17H2,1-4H3. The van der Waals surface area contributed by atoms with Gasteiger partial charge in [0.25, 0.3) is 0 Å². The lowest BCUT2D eigenvalue weighted by Crippen LogP contribution is -2.24. The monoisotopic (exact) mass is 310 g/mol. The van der Waals surface area contributed by atoms with Gasteiger partial charge in [0.1, 0.15) is 0 Å². The molecule has 0 heterocycles. The van der Waals surface area contributed by atoms with Gasteiger partial charge in [-0.15, -0.1) is 0 Å². The maximum atomic E-state index is 6.26. The molecule has 0 aromatic rings.